The van der Waals surface area contributed by atoms with Crippen molar-refractivity contribution in [1.82, 2.24) is 5.32 Å². The van der Waals surface area contributed by atoms with Gasteiger partial charge in [0.1, 0.15) is 0 Å². The number of carbonyl (C=O) groups is 2. The minimum absolute atomic E-state index is 0.124. The fraction of sp³-hybridized carbons (Fsp3) is 0.300. The molecule has 1 N–H and O–H groups in total. The molecule has 2 rings (SSSR count). The number of benzene rings is 2. The molecule has 0 bridgehead atoms. The van der Waals surface area contributed by atoms with Gasteiger partial charge < -0.3 is 10.1 Å². The van der Waals surface area contributed by atoms with Crippen molar-refractivity contribution in [3.05, 3.63) is 70.2 Å². The van der Waals surface area contributed by atoms with Crippen molar-refractivity contribution >= 4 is 23.5 Å². The number of esters is 1. The van der Waals surface area contributed by atoms with Crippen molar-refractivity contribution in [2.75, 3.05) is 6.54 Å². The van der Waals surface area contributed by atoms with Crippen LogP contribution in [0.2, 0.25) is 5.02 Å². The maximum absolute atomic E-state index is 13.3. The minimum atomic E-state index is -1.22. The van der Waals surface area contributed by atoms with Gasteiger partial charge in [-0.15, -0.1) is 0 Å². The Kier molecular flexibility index (Phi) is 7.30. The topological polar surface area (TPSA) is 55.4 Å². The lowest BCUT2D eigenvalue weighted by atomic mass is 9.96. The maximum Gasteiger partial charge on any atom is 0.340 e. The van der Waals surface area contributed by atoms with E-state index in [-0.39, 0.29) is 16.5 Å². The van der Waals surface area contributed by atoms with E-state index in [1.165, 1.54) is 6.92 Å². The molecule has 0 saturated heterocycles. The van der Waals surface area contributed by atoms with Crippen LogP contribution in [0.5, 0.6) is 0 Å². The summed E-state index contributed by atoms with van der Waals surface area (Å²) < 4.78 is 31.4. The van der Waals surface area contributed by atoms with E-state index < -0.39 is 29.6 Å². The average Bonchev–Trinajstić information content (AvgIpc) is 2.65. The van der Waals surface area contributed by atoms with Crippen molar-refractivity contribution in [2.24, 2.45) is 0 Å². The molecule has 1 amide bonds. The van der Waals surface area contributed by atoms with Crippen LogP contribution in [0.15, 0.2) is 42.5 Å². The molecule has 0 aliphatic carbocycles. The minimum Gasteiger partial charge on any atom is -0.449 e. The van der Waals surface area contributed by atoms with E-state index in [1.807, 2.05) is 37.3 Å². The summed E-state index contributed by atoms with van der Waals surface area (Å²) in [7, 11) is 0. The van der Waals surface area contributed by atoms with Crippen molar-refractivity contribution < 1.29 is 23.1 Å². The molecule has 2 aromatic carbocycles. The van der Waals surface area contributed by atoms with E-state index in [9.17, 15) is 18.4 Å². The molecule has 0 spiro atoms. The Morgan fingerprint density at radius 3 is 2.41 bits per heavy atom. The number of rotatable bonds is 7. The van der Waals surface area contributed by atoms with Gasteiger partial charge in [-0.25, -0.2) is 13.6 Å². The first-order valence-electron chi connectivity index (χ1n) is 8.51. The van der Waals surface area contributed by atoms with Crippen LogP contribution in [-0.2, 0) is 9.53 Å². The molecule has 7 heteroatoms. The van der Waals surface area contributed by atoms with Crippen LogP contribution in [0.1, 0.15) is 42.1 Å². The number of hydrogen-bond acceptors (Lipinski definition) is 3. The SMILES string of the molecule is CC[C@H](CNC(=O)[C@H](C)OC(=O)c1cc(F)c(F)cc1Cl)c1ccccc1. The molecule has 0 radical (unpaired) electrons. The standard InChI is InChI=1S/C20H20ClF2NO3/c1-3-13(14-7-5-4-6-8-14)11-24-19(25)12(2)27-20(26)15-9-17(22)18(23)10-16(15)21/h4-10,12-13H,3,11H2,1-2H3,(H,24,25)/t12-,13+/m0/s1. The largest absolute Gasteiger partial charge is 0.449 e. The zero-order valence-electron chi connectivity index (χ0n) is 15.0. The van der Waals surface area contributed by atoms with Gasteiger partial charge in [-0.05, 0) is 31.0 Å². The molecule has 2 aromatic rings. The first kappa shape index (κ1) is 20.8. The number of halogens is 3. The van der Waals surface area contributed by atoms with Crippen LogP contribution in [0.3, 0.4) is 0 Å². The molecule has 0 aromatic heterocycles. The average molecular weight is 396 g/mol. The maximum atomic E-state index is 13.3. The molecule has 2 atom stereocenters. The summed E-state index contributed by atoms with van der Waals surface area (Å²) in [6, 6.07) is 11.1. The molecule has 0 aliphatic rings. The van der Waals surface area contributed by atoms with Crippen molar-refractivity contribution in [3.63, 3.8) is 0 Å². The van der Waals surface area contributed by atoms with Crippen LogP contribution in [-0.4, -0.2) is 24.5 Å². The number of nitrogens with one attached hydrogen (secondary N) is 1. The Bertz CT molecular complexity index is 814. The molecule has 4 nitrogen and oxygen atoms in total. The van der Waals surface area contributed by atoms with Gasteiger partial charge in [0.15, 0.2) is 17.7 Å². The first-order chi connectivity index (χ1) is 12.8. The molecule has 27 heavy (non-hydrogen) atoms. The van der Waals surface area contributed by atoms with Gasteiger partial charge in [0, 0.05) is 12.5 Å². The van der Waals surface area contributed by atoms with Gasteiger partial charge >= 0.3 is 5.97 Å². The van der Waals surface area contributed by atoms with E-state index in [2.05, 4.69) is 5.32 Å². The number of ether oxygens (including phenoxy) is 1. The van der Waals surface area contributed by atoms with Gasteiger partial charge in [0.05, 0.1) is 10.6 Å². The molecular formula is C20H20ClF2NO3. The lowest BCUT2D eigenvalue weighted by Gasteiger charge is -2.18. The Morgan fingerprint density at radius 1 is 1.15 bits per heavy atom. The quantitative estimate of drug-likeness (QED) is 0.555. The highest BCUT2D eigenvalue weighted by molar-refractivity contribution is 6.33. The van der Waals surface area contributed by atoms with Crippen LogP contribution in [0.25, 0.3) is 0 Å². The van der Waals surface area contributed by atoms with Gasteiger partial charge in [0.2, 0.25) is 0 Å². The summed E-state index contributed by atoms with van der Waals surface area (Å²) in [6.45, 7) is 3.79. The highest BCUT2D eigenvalue weighted by Gasteiger charge is 2.23. The molecule has 0 unspecified atom stereocenters. The lowest BCUT2D eigenvalue weighted by Crippen LogP contribution is -2.38. The molecule has 0 fully saturated rings. The fourth-order valence-corrected chi connectivity index (χ4v) is 2.77. The fourth-order valence-electron chi connectivity index (χ4n) is 2.55. The monoisotopic (exact) mass is 395 g/mol. The summed E-state index contributed by atoms with van der Waals surface area (Å²) in [4.78, 5) is 24.3. The zero-order chi connectivity index (χ0) is 20.0. The van der Waals surface area contributed by atoms with Crippen LogP contribution in [0.4, 0.5) is 8.78 Å². The van der Waals surface area contributed by atoms with E-state index in [0.29, 0.717) is 18.7 Å². The summed E-state index contributed by atoms with van der Waals surface area (Å²) in [5.74, 6) is -3.77. The molecule has 0 aliphatic heterocycles. The van der Waals surface area contributed by atoms with Crippen LogP contribution in [0, 0.1) is 11.6 Å². The van der Waals surface area contributed by atoms with Gasteiger partial charge in [-0.1, -0.05) is 48.9 Å². The van der Waals surface area contributed by atoms with E-state index in [4.69, 9.17) is 16.3 Å². The highest BCUT2D eigenvalue weighted by Crippen LogP contribution is 2.21. The predicted molar refractivity (Wildman–Crippen MR) is 98.7 cm³/mol. The molecule has 144 valence electrons. The Hall–Kier alpha value is -2.47. The summed E-state index contributed by atoms with van der Waals surface area (Å²) in [5, 5.41) is 2.45. The number of amides is 1. The van der Waals surface area contributed by atoms with Crippen LogP contribution < -0.4 is 5.32 Å². The first-order valence-corrected chi connectivity index (χ1v) is 8.89. The van der Waals surface area contributed by atoms with E-state index >= 15 is 0 Å². The molecule has 0 saturated carbocycles. The summed E-state index contributed by atoms with van der Waals surface area (Å²) in [6.07, 6.45) is -0.293. The van der Waals surface area contributed by atoms with Crippen molar-refractivity contribution in [1.29, 1.82) is 0 Å². The molecule has 0 heterocycles. The Morgan fingerprint density at radius 2 is 1.78 bits per heavy atom. The van der Waals surface area contributed by atoms with Gasteiger partial charge in [-0.3, -0.25) is 4.79 Å². The summed E-state index contributed by atoms with van der Waals surface area (Å²) in [5.41, 5.74) is 0.754. The number of hydrogen-bond donors (Lipinski definition) is 1. The predicted octanol–water partition coefficient (Wildman–Crippen LogP) is 4.47. The highest BCUT2D eigenvalue weighted by atomic mass is 35.5. The second kappa shape index (κ2) is 9.46. The zero-order valence-corrected chi connectivity index (χ0v) is 15.7. The van der Waals surface area contributed by atoms with E-state index in [1.54, 1.807) is 0 Å². The number of carbonyl (C=O) groups excluding carboxylic acids is 2. The summed E-state index contributed by atoms with van der Waals surface area (Å²) >= 11 is 5.74. The smallest absolute Gasteiger partial charge is 0.340 e. The second-order valence-electron chi connectivity index (χ2n) is 6.05. The Balaban J connectivity index is 1.95. The second-order valence-corrected chi connectivity index (χ2v) is 6.46. The van der Waals surface area contributed by atoms with Gasteiger partial charge in [0.25, 0.3) is 5.91 Å². The normalized spacial score (nSPS) is 12.9. The molecular weight excluding hydrogens is 376 g/mol. The van der Waals surface area contributed by atoms with Gasteiger partial charge in [-0.2, -0.15) is 0 Å². The van der Waals surface area contributed by atoms with Crippen LogP contribution >= 0.6 is 11.6 Å². The third-order valence-electron chi connectivity index (χ3n) is 4.17. The third-order valence-corrected chi connectivity index (χ3v) is 4.48. The van der Waals surface area contributed by atoms with Crippen molar-refractivity contribution in [2.45, 2.75) is 32.3 Å². The van der Waals surface area contributed by atoms with E-state index in [0.717, 1.165) is 12.0 Å². The Labute approximate surface area is 161 Å². The lowest BCUT2D eigenvalue weighted by molar-refractivity contribution is -0.129. The third kappa shape index (κ3) is 5.50. The van der Waals surface area contributed by atoms with Crippen molar-refractivity contribution in [3.8, 4) is 0 Å².